The second-order valence-corrected chi connectivity index (χ2v) is 9.73. The molecule has 0 unspecified atom stereocenters. The Morgan fingerprint density at radius 2 is 1.81 bits per heavy atom. The summed E-state index contributed by atoms with van der Waals surface area (Å²) in [5.74, 6) is -0.290. The Morgan fingerprint density at radius 3 is 2.49 bits per heavy atom. The number of hydrogen-bond acceptors (Lipinski definition) is 3. The number of amides is 1. The molecule has 4 rings (SSSR count). The van der Waals surface area contributed by atoms with Gasteiger partial charge in [0.2, 0.25) is 0 Å². The molecule has 10 heteroatoms. The van der Waals surface area contributed by atoms with E-state index >= 15 is 0 Å². The molecule has 0 bridgehead atoms. The molecule has 4 nitrogen and oxygen atoms in total. The predicted molar refractivity (Wildman–Crippen MR) is 139 cm³/mol. The molecule has 0 spiro atoms. The summed E-state index contributed by atoms with van der Waals surface area (Å²) >= 11 is 5.91. The van der Waals surface area contributed by atoms with Crippen molar-refractivity contribution >= 4 is 40.4 Å². The lowest BCUT2D eigenvalue weighted by Gasteiger charge is -2.20. The van der Waals surface area contributed by atoms with E-state index in [0.29, 0.717) is 41.7 Å². The average molecular weight is 551 g/mol. The van der Waals surface area contributed by atoms with Crippen LogP contribution in [0.1, 0.15) is 19.4 Å². The molecule has 3 aromatic carbocycles. The Labute approximate surface area is 220 Å². The smallest absolute Gasteiger partial charge is 0.410 e. The average Bonchev–Trinajstić information content (AvgIpc) is 3.23. The monoisotopic (exact) mass is 550 g/mol. The van der Waals surface area contributed by atoms with Gasteiger partial charge in [-0.1, -0.05) is 29.8 Å². The molecular weight excluding hydrogens is 528 g/mol. The molecule has 0 saturated heterocycles. The number of nitrogens with zero attached hydrogens (tertiary/aromatic N) is 2. The van der Waals surface area contributed by atoms with Crippen LogP contribution in [-0.2, 0) is 6.54 Å². The summed E-state index contributed by atoms with van der Waals surface area (Å²) in [6, 6.07) is 15.8. The lowest BCUT2D eigenvalue weighted by atomic mass is 10.0. The fourth-order valence-corrected chi connectivity index (χ4v) is 4.91. The zero-order chi connectivity index (χ0) is 26.7. The van der Waals surface area contributed by atoms with Crippen LogP contribution in [0.3, 0.4) is 0 Å². The Morgan fingerprint density at radius 1 is 1.05 bits per heavy atom. The minimum absolute atomic E-state index is 0.0751. The van der Waals surface area contributed by atoms with E-state index in [-0.39, 0.29) is 27.4 Å². The van der Waals surface area contributed by atoms with E-state index in [1.807, 2.05) is 24.5 Å². The van der Waals surface area contributed by atoms with Crippen LogP contribution in [0.2, 0.25) is 5.02 Å². The summed E-state index contributed by atoms with van der Waals surface area (Å²) in [5, 5.41) is 0.641. The summed E-state index contributed by atoms with van der Waals surface area (Å²) in [4.78, 5) is 14.4. The van der Waals surface area contributed by atoms with Gasteiger partial charge in [0, 0.05) is 47.2 Å². The number of alkyl halides is 3. The summed E-state index contributed by atoms with van der Waals surface area (Å²) in [7, 11) is 0. The molecule has 1 heterocycles. The van der Waals surface area contributed by atoms with E-state index in [4.69, 9.17) is 16.3 Å². The van der Waals surface area contributed by atoms with Gasteiger partial charge in [-0.15, -0.1) is 0 Å². The first-order chi connectivity index (χ1) is 17.6. The van der Waals surface area contributed by atoms with Gasteiger partial charge in [-0.2, -0.15) is 13.2 Å². The number of thioether (sulfide) groups is 1. The van der Waals surface area contributed by atoms with Crippen LogP contribution in [0.15, 0.2) is 71.8 Å². The normalized spacial score (nSPS) is 11.6. The molecule has 0 N–H and O–H groups in total. The number of carbonyl (C=O) groups excluding carboxylic acids is 1. The molecule has 1 aromatic heterocycles. The maximum Gasteiger partial charge on any atom is 0.446 e. The van der Waals surface area contributed by atoms with Crippen molar-refractivity contribution in [2.45, 2.75) is 30.8 Å². The molecule has 0 saturated carbocycles. The maximum absolute atomic E-state index is 13.9. The second kappa shape index (κ2) is 11.1. The Balaban J connectivity index is 1.77. The fraction of sp³-hybridized carbons (Fsp3) is 0.222. The number of ether oxygens (including phenoxy) is 1. The van der Waals surface area contributed by atoms with Gasteiger partial charge >= 0.3 is 11.6 Å². The van der Waals surface area contributed by atoms with Gasteiger partial charge in [-0.25, -0.2) is 9.18 Å². The summed E-state index contributed by atoms with van der Waals surface area (Å²) in [6.07, 6.45) is 1.29. The highest BCUT2D eigenvalue weighted by molar-refractivity contribution is 8.00. The Kier molecular flexibility index (Phi) is 8.04. The largest absolute Gasteiger partial charge is 0.446 e. The summed E-state index contributed by atoms with van der Waals surface area (Å²) in [6.45, 7) is 4.94. The number of fused-ring (bicyclic) bond motifs is 1. The first kappa shape index (κ1) is 26.9. The summed E-state index contributed by atoms with van der Waals surface area (Å²) in [5.41, 5.74) is -1.81. The van der Waals surface area contributed by atoms with E-state index in [0.717, 1.165) is 5.52 Å². The lowest BCUT2D eigenvalue weighted by Crippen LogP contribution is -2.33. The van der Waals surface area contributed by atoms with Crippen molar-refractivity contribution in [1.29, 1.82) is 0 Å². The van der Waals surface area contributed by atoms with Crippen molar-refractivity contribution in [2.75, 3.05) is 13.1 Å². The van der Waals surface area contributed by atoms with Crippen LogP contribution in [0, 0.1) is 5.82 Å². The second-order valence-electron chi connectivity index (χ2n) is 8.18. The molecule has 194 valence electrons. The predicted octanol–water partition coefficient (Wildman–Crippen LogP) is 8.60. The minimum Gasteiger partial charge on any atom is -0.410 e. The minimum atomic E-state index is -4.37. The third-order valence-electron chi connectivity index (χ3n) is 5.83. The SMILES string of the molecule is CCN(CC)C(=O)Oc1ccc2c(ccn2Cc2cccc(SC(F)(F)F)c2)c1-c1ccc(F)c(Cl)c1. The van der Waals surface area contributed by atoms with Crippen LogP contribution in [0.4, 0.5) is 22.4 Å². The van der Waals surface area contributed by atoms with Crippen LogP contribution < -0.4 is 4.74 Å². The van der Waals surface area contributed by atoms with Crippen LogP contribution >= 0.6 is 23.4 Å². The van der Waals surface area contributed by atoms with Crippen molar-refractivity contribution in [3.05, 3.63) is 83.3 Å². The first-order valence-corrected chi connectivity index (χ1v) is 12.7. The quantitative estimate of drug-likeness (QED) is 0.171. The Bertz CT molecular complexity index is 1430. The molecule has 0 fully saturated rings. The van der Waals surface area contributed by atoms with Gasteiger partial charge < -0.3 is 14.2 Å². The molecule has 4 aromatic rings. The number of rotatable bonds is 7. The van der Waals surface area contributed by atoms with Gasteiger partial charge in [-0.05, 0) is 79.2 Å². The number of hydrogen-bond donors (Lipinski definition) is 0. The highest BCUT2D eigenvalue weighted by atomic mass is 35.5. The van der Waals surface area contributed by atoms with Crippen LogP contribution in [0.25, 0.3) is 22.0 Å². The molecular formula is C27H23ClF4N2O2S. The highest BCUT2D eigenvalue weighted by Crippen LogP contribution is 2.40. The zero-order valence-electron chi connectivity index (χ0n) is 20.0. The van der Waals surface area contributed by atoms with E-state index < -0.39 is 17.4 Å². The van der Waals surface area contributed by atoms with Gasteiger partial charge in [0.25, 0.3) is 0 Å². The van der Waals surface area contributed by atoms with Gasteiger partial charge in [0.1, 0.15) is 11.6 Å². The molecule has 1 amide bonds. The standard InChI is InChI=1S/C27H23ClF4N2O2S/c1-3-33(4-2)26(35)36-24-11-10-23-20(25(24)18-8-9-22(29)21(28)15-18)12-13-34(23)16-17-6-5-7-19(14-17)37-27(30,31)32/h5-15H,3-4,16H2,1-2H3. The van der Waals surface area contributed by atoms with Gasteiger partial charge in [0.05, 0.1) is 5.02 Å². The molecule has 0 aliphatic rings. The van der Waals surface area contributed by atoms with Gasteiger partial charge in [0.15, 0.2) is 0 Å². The molecule has 0 atom stereocenters. The maximum atomic E-state index is 13.9. The highest BCUT2D eigenvalue weighted by Gasteiger charge is 2.29. The molecule has 37 heavy (non-hydrogen) atoms. The number of carbonyl (C=O) groups is 1. The fourth-order valence-electron chi connectivity index (χ4n) is 4.10. The molecule has 0 aliphatic carbocycles. The van der Waals surface area contributed by atoms with Crippen LogP contribution in [-0.4, -0.2) is 34.2 Å². The van der Waals surface area contributed by atoms with Crippen molar-refractivity contribution in [2.24, 2.45) is 0 Å². The third-order valence-corrected chi connectivity index (χ3v) is 6.84. The lowest BCUT2D eigenvalue weighted by molar-refractivity contribution is -0.0328. The van der Waals surface area contributed by atoms with E-state index in [9.17, 15) is 22.4 Å². The van der Waals surface area contributed by atoms with E-state index in [2.05, 4.69) is 0 Å². The van der Waals surface area contributed by atoms with Crippen LogP contribution in [0.5, 0.6) is 5.75 Å². The zero-order valence-corrected chi connectivity index (χ0v) is 21.6. The van der Waals surface area contributed by atoms with Crippen molar-refractivity contribution in [3.63, 3.8) is 0 Å². The topological polar surface area (TPSA) is 34.5 Å². The number of benzene rings is 3. The molecule has 0 aliphatic heterocycles. The Hall–Kier alpha value is -3.17. The third kappa shape index (κ3) is 6.22. The van der Waals surface area contributed by atoms with E-state index in [1.165, 1.54) is 29.2 Å². The number of aromatic nitrogens is 1. The summed E-state index contributed by atoms with van der Waals surface area (Å²) < 4.78 is 60.0. The molecule has 0 radical (unpaired) electrons. The van der Waals surface area contributed by atoms with Crippen molar-refractivity contribution in [3.8, 4) is 16.9 Å². The first-order valence-electron chi connectivity index (χ1n) is 11.5. The van der Waals surface area contributed by atoms with E-state index in [1.54, 1.807) is 36.5 Å². The van der Waals surface area contributed by atoms with Crippen molar-refractivity contribution < 1.29 is 27.1 Å². The number of halogens is 5. The van der Waals surface area contributed by atoms with Gasteiger partial charge in [-0.3, -0.25) is 0 Å². The van der Waals surface area contributed by atoms with Crippen molar-refractivity contribution in [1.82, 2.24) is 9.47 Å².